The molecule has 4 unspecified atom stereocenters. The van der Waals surface area contributed by atoms with Gasteiger partial charge in [-0.05, 0) is 85.8 Å². The van der Waals surface area contributed by atoms with E-state index in [-0.39, 0.29) is 17.9 Å². The topological polar surface area (TPSA) is 102 Å². The van der Waals surface area contributed by atoms with Crippen LogP contribution < -0.4 is 14.2 Å². The molecule has 0 saturated heterocycles. The molecular weight excluding hydrogens is 704 g/mol. The number of rotatable bonds is 10. The van der Waals surface area contributed by atoms with E-state index in [1.54, 1.807) is 57.4 Å². The molecule has 1 aliphatic rings. The van der Waals surface area contributed by atoms with Gasteiger partial charge in [0.05, 0.1) is 25.7 Å². The summed E-state index contributed by atoms with van der Waals surface area (Å²) in [5.74, 6) is -1.10. The van der Waals surface area contributed by atoms with Crippen molar-refractivity contribution in [1.29, 1.82) is 0 Å². The zero-order chi connectivity index (χ0) is 32.3. The van der Waals surface area contributed by atoms with E-state index in [2.05, 4.69) is 44.0 Å². The fraction of sp³-hybridized carbons (Fsp3) is 0.278. The van der Waals surface area contributed by atoms with Crippen LogP contribution in [0.5, 0.6) is 17.2 Å². The molecule has 0 bridgehead atoms. The Morgan fingerprint density at radius 2 is 1.67 bits per heavy atom. The summed E-state index contributed by atoms with van der Waals surface area (Å²) < 4.78 is 18.8. The Morgan fingerprint density at radius 3 is 2.38 bits per heavy atom. The number of ether oxygens (including phenoxy) is 3. The molecule has 0 radical (unpaired) electrons. The molecule has 45 heavy (non-hydrogen) atoms. The van der Waals surface area contributed by atoms with E-state index in [1.165, 1.54) is 5.56 Å². The first-order valence-electron chi connectivity index (χ1n) is 14.6. The molecular formula is C36H34Br2O7. The molecule has 0 amide bonds. The number of methoxy groups -OCH3 is 1. The molecule has 2 N–H and O–H groups in total. The number of aliphatic hydroxyl groups excluding tert-OH is 2. The van der Waals surface area contributed by atoms with Crippen molar-refractivity contribution >= 4 is 43.8 Å². The van der Waals surface area contributed by atoms with E-state index in [1.807, 2.05) is 36.4 Å². The van der Waals surface area contributed by atoms with Gasteiger partial charge in [-0.25, -0.2) is 0 Å². The predicted molar refractivity (Wildman–Crippen MR) is 177 cm³/mol. The first kappa shape index (κ1) is 32.9. The highest BCUT2D eigenvalue weighted by atomic mass is 79.9. The van der Waals surface area contributed by atoms with Crippen molar-refractivity contribution in [2.75, 3.05) is 7.11 Å². The lowest BCUT2D eigenvalue weighted by Gasteiger charge is -2.42. The molecule has 9 heteroatoms. The molecule has 4 atom stereocenters. The van der Waals surface area contributed by atoms with Crippen molar-refractivity contribution in [3.63, 3.8) is 0 Å². The summed E-state index contributed by atoms with van der Waals surface area (Å²) in [6, 6.07) is 25.8. The molecule has 5 rings (SSSR count). The van der Waals surface area contributed by atoms with E-state index < -0.39 is 35.5 Å². The quantitative estimate of drug-likeness (QED) is 0.127. The zero-order valence-corrected chi connectivity index (χ0v) is 28.3. The second-order valence-corrected chi connectivity index (χ2v) is 13.2. The van der Waals surface area contributed by atoms with Gasteiger partial charge in [0.25, 0.3) is 0 Å². The van der Waals surface area contributed by atoms with E-state index in [0.29, 0.717) is 26.9 Å². The van der Waals surface area contributed by atoms with Crippen molar-refractivity contribution in [1.82, 2.24) is 0 Å². The SMILES string of the molecule is COc1cc(C(CC(=O)Oc2ccc(Br)cc2C(C)O)C2(C)C(=O)Oc3ccc(Br)cc3C2O)ccc1CCc1ccccc1. The monoisotopic (exact) mass is 736 g/mol. The van der Waals surface area contributed by atoms with Gasteiger partial charge in [0.15, 0.2) is 0 Å². The minimum Gasteiger partial charge on any atom is -0.496 e. The van der Waals surface area contributed by atoms with Crippen molar-refractivity contribution in [2.24, 2.45) is 5.41 Å². The first-order chi connectivity index (χ1) is 21.5. The van der Waals surface area contributed by atoms with Gasteiger partial charge in [0.2, 0.25) is 0 Å². The highest BCUT2D eigenvalue weighted by Gasteiger charge is 2.54. The van der Waals surface area contributed by atoms with Gasteiger partial charge in [0.1, 0.15) is 22.7 Å². The molecule has 0 saturated carbocycles. The van der Waals surface area contributed by atoms with Crippen molar-refractivity contribution in [3.05, 3.63) is 122 Å². The first-order valence-corrected chi connectivity index (χ1v) is 16.2. The third-order valence-corrected chi connectivity index (χ3v) is 9.44. The fourth-order valence-electron chi connectivity index (χ4n) is 5.86. The van der Waals surface area contributed by atoms with Crippen LogP contribution >= 0.6 is 31.9 Å². The van der Waals surface area contributed by atoms with Crippen LogP contribution in [0.2, 0.25) is 0 Å². The Hall–Kier alpha value is -3.50. The van der Waals surface area contributed by atoms with Crippen molar-refractivity contribution < 1.29 is 34.0 Å². The van der Waals surface area contributed by atoms with Gasteiger partial charge in [-0.15, -0.1) is 0 Å². The van der Waals surface area contributed by atoms with Crippen LogP contribution in [0.4, 0.5) is 0 Å². The van der Waals surface area contributed by atoms with Crippen LogP contribution in [0, 0.1) is 5.41 Å². The minimum absolute atomic E-state index is 0.206. The lowest BCUT2D eigenvalue weighted by atomic mass is 9.65. The van der Waals surface area contributed by atoms with Crippen LogP contribution in [-0.4, -0.2) is 29.3 Å². The van der Waals surface area contributed by atoms with Gasteiger partial charge in [-0.1, -0.05) is 74.3 Å². The zero-order valence-electron chi connectivity index (χ0n) is 25.1. The number of esters is 2. The summed E-state index contributed by atoms with van der Waals surface area (Å²) in [5, 5.41) is 22.1. The standard InChI is InChI=1S/C36H34Br2O7/c1-21(39)27-18-25(37)13-15-30(27)44-33(40)20-29(36(2)34(41)28-19-26(38)14-16-31(28)45-35(36)42)24-12-11-23(32(17-24)43-3)10-9-22-7-5-4-6-8-22/h4-8,11-19,21,29,34,39,41H,9-10,20H2,1-3H3. The Morgan fingerprint density at radius 1 is 0.956 bits per heavy atom. The van der Waals surface area contributed by atoms with Gasteiger partial charge < -0.3 is 24.4 Å². The maximum absolute atomic E-state index is 13.8. The number of carbonyl (C=O) groups is 2. The third kappa shape index (κ3) is 7.02. The number of halogens is 2. The molecule has 1 heterocycles. The van der Waals surface area contributed by atoms with Crippen LogP contribution in [-0.2, 0) is 22.4 Å². The summed E-state index contributed by atoms with van der Waals surface area (Å²) >= 11 is 6.84. The molecule has 0 fully saturated rings. The molecule has 4 aromatic carbocycles. The molecule has 0 spiro atoms. The lowest BCUT2D eigenvalue weighted by Crippen LogP contribution is -2.46. The maximum Gasteiger partial charge on any atom is 0.320 e. The van der Waals surface area contributed by atoms with Crippen molar-refractivity contribution in [3.8, 4) is 17.2 Å². The summed E-state index contributed by atoms with van der Waals surface area (Å²) in [7, 11) is 1.58. The smallest absolute Gasteiger partial charge is 0.320 e. The summed E-state index contributed by atoms with van der Waals surface area (Å²) in [4.78, 5) is 27.4. The lowest BCUT2D eigenvalue weighted by molar-refractivity contribution is -0.159. The summed E-state index contributed by atoms with van der Waals surface area (Å²) in [6.07, 6.45) is -0.937. The molecule has 0 aliphatic carbocycles. The Labute approximate surface area is 279 Å². The second-order valence-electron chi connectivity index (χ2n) is 11.4. The number of aryl methyl sites for hydroxylation is 2. The van der Waals surface area contributed by atoms with Gasteiger partial charge in [0, 0.05) is 26.0 Å². The number of fused-ring (bicyclic) bond motifs is 1. The van der Waals surface area contributed by atoms with E-state index in [0.717, 1.165) is 22.9 Å². The van der Waals surface area contributed by atoms with Crippen LogP contribution in [0.25, 0.3) is 0 Å². The van der Waals surface area contributed by atoms with Crippen LogP contribution in [0.1, 0.15) is 66.2 Å². The van der Waals surface area contributed by atoms with Gasteiger partial charge >= 0.3 is 11.9 Å². The predicted octanol–water partition coefficient (Wildman–Crippen LogP) is 7.80. The second kappa shape index (κ2) is 13.9. The highest BCUT2D eigenvalue weighted by Crippen LogP contribution is 2.54. The molecule has 1 aliphatic heterocycles. The van der Waals surface area contributed by atoms with Crippen LogP contribution in [0.3, 0.4) is 0 Å². The summed E-state index contributed by atoms with van der Waals surface area (Å²) in [6.45, 7) is 3.19. The largest absolute Gasteiger partial charge is 0.496 e. The Balaban J connectivity index is 1.53. The average molecular weight is 738 g/mol. The molecule has 4 aromatic rings. The maximum atomic E-state index is 13.8. The Bertz CT molecular complexity index is 1710. The number of carbonyl (C=O) groups excluding carboxylic acids is 2. The number of hydrogen-bond acceptors (Lipinski definition) is 7. The van der Waals surface area contributed by atoms with E-state index in [4.69, 9.17) is 14.2 Å². The number of aliphatic hydroxyl groups is 2. The third-order valence-electron chi connectivity index (χ3n) is 8.46. The number of hydrogen-bond donors (Lipinski definition) is 2. The average Bonchev–Trinajstić information content (AvgIpc) is 3.03. The molecule has 0 aromatic heterocycles. The minimum atomic E-state index is -1.57. The molecule has 7 nitrogen and oxygen atoms in total. The van der Waals surface area contributed by atoms with Crippen LogP contribution in [0.15, 0.2) is 93.9 Å². The van der Waals surface area contributed by atoms with Gasteiger partial charge in [-0.3, -0.25) is 9.59 Å². The number of benzene rings is 4. The van der Waals surface area contributed by atoms with Crippen molar-refractivity contribution in [2.45, 2.75) is 51.2 Å². The van der Waals surface area contributed by atoms with E-state index >= 15 is 0 Å². The summed E-state index contributed by atoms with van der Waals surface area (Å²) in [5.41, 5.74) is 2.06. The normalized spacial score (nSPS) is 18.8. The highest BCUT2D eigenvalue weighted by molar-refractivity contribution is 9.10. The van der Waals surface area contributed by atoms with Gasteiger partial charge in [-0.2, -0.15) is 0 Å². The molecule has 234 valence electrons. The fourth-order valence-corrected chi connectivity index (χ4v) is 6.61. The Kier molecular flexibility index (Phi) is 10.1. The van der Waals surface area contributed by atoms with E-state index in [9.17, 15) is 19.8 Å².